The van der Waals surface area contributed by atoms with Crippen LogP contribution in [-0.4, -0.2) is 73.5 Å². The SMILES string of the molecule is COc1ccc(CN2CCC3(CCN(CC4CN(CC5CC5)CC4c4ccccc4)CC3)C2=O)cc1. The van der Waals surface area contributed by atoms with Gasteiger partial charge in [-0.05, 0) is 80.3 Å². The van der Waals surface area contributed by atoms with Gasteiger partial charge in [-0.3, -0.25) is 4.79 Å². The smallest absolute Gasteiger partial charge is 0.229 e. The first-order chi connectivity index (χ1) is 17.6. The van der Waals surface area contributed by atoms with Crippen LogP contribution in [0.3, 0.4) is 0 Å². The van der Waals surface area contributed by atoms with Crippen LogP contribution in [-0.2, 0) is 11.3 Å². The summed E-state index contributed by atoms with van der Waals surface area (Å²) in [5, 5.41) is 0. The van der Waals surface area contributed by atoms with Crippen LogP contribution in [0.4, 0.5) is 0 Å². The molecule has 6 rings (SSSR count). The zero-order valence-corrected chi connectivity index (χ0v) is 21.8. The quantitative estimate of drug-likeness (QED) is 0.544. The van der Waals surface area contributed by atoms with E-state index in [-0.39, 0.29) is 5.41 Å². The fourth-order valence-corrected chi connectivity index (χ4v) is 6.99. The highest BCUT2D eigenvalue weighted by molar-refractivity contribution is 5.85. The lowest BCUT2D eigenvalue weighted by atomic mass is 9.76. The Morgan fingerprint density at radius 1 is 0.861 bits per heavy atom. The van der Waals surface area contributed by atoms with Crippen LogP contribution in [0.15, 0.2) is 54.6 Å². The third-order valence-electron chi connectivity index (χ3n) is 9.40. The van der Waals surface area contributed by atoms with E-state index in [0.717, 1.165) is 50.6 Å². The molecule has 3 aliphatic heterocycles. The highest BCUT2D eigenvalue weighted by Crippen LogP contribution is 2.43. The number of amides is 1. The maximum atomic E-state index is 13.5. The lowest BCUT2D eigenvalue weighted by Crippen LogP contribution is -2.46. The van der Waals surface area contributed by atoms with E-state index in [1.807, 2.05) is 12.1 Å². The molecule has 4 aliphatic rings. The Bertz CT molecular complexity index is 1030. The molecule has 4 fully saturated rings. The number of piperidine rings is 1. The predicted molar refractivity (Wildman–Crippen MR) is 143 cm³/mol. The van der Waals surface area contributed by atoms with Gasteiger partial charge in [0.25, 0.3) is 0 Å². The van der Waals surface area contributed by atoms with E-state index in [1.54, 1.807) is 7.11 Å². The molecular formula is C31H41N3O2. The Kier molecular flexibility index (Phi) is 6.78. The molecule has 0 bridgehead atoms. The summed E-state index contributed by atoms with van der Waals surface area (Å²) < 4.78 is 5.28. The molecule has 3 heterocycles. The van der Waals surface area contributed by atoms with Gasteiger partial charge in [-0.1, -0.05) is 42.5 Å². The zero-order chi connectivity index (χ0) is 24.5. The highest BCUT2D eigenvalue weighted by atomic mass is 16.5. The second kappa shape index (κ2) is 10.2. The summed E-state index contributed by atoms with van der Waals surface area (Å²) in [6, 6.07) is 19.3. The van der Waals surface area contributed by atoms with Gasteiger partial charge in [0.2, 0.25) is 5.91 Å². The number of hydrogen-bond acceptors (Lipinski definition) is 4. The molecule has 5 heteroatoms. The fraction of sp³-hybridized carbons (Fsp3) is 0.581. The van der Waals surface area contributed by atoms with Crippen LogP contribution < -0.4 is 4.74 Å². The molecule has 1 spiro atoms. The average molecular weight is 488 g/mol. The Balaban J connectivity index is 1.05. The van der Waals surface area contributed by atoms with E-state index in [9.17, 15) is 4.79 Å². The van der Waals surface area contributed by atoms with Crippen LogP contribution >= 0.6 is 0 Å². The minimum atomic E-state index is -0.129. The van der Waals surface area contributed by atoms with Crippen LogP contribution in [0, 0.1) is 17.3 Å². The number of ether oxygens (including phenoxy) is 1. The predicted octanol–water partition coefficient (Wildman–Crippen LogP) is 4.64. The summed E-state index contributed by atoms with van der Waals surface area (Å²) in [5.74, 6) is 3.52. The number of likely N-dealkylation sites (tertiary alicyclic amines) is 3. The van der Waals surface area contributed by atoms with Gasteiger partial charge < -0.3 is 19.4 Å². The maximum absolute atomic E-state index is 13.5. The number of carbonyl (C=O) groups excluding carboxylic acids is 1. The Hall–Kier alpha value is -2.37. The summed E-state index contributed by atoms with van der Waals surface area (Å²) >= 11 is 0. The van der Waals surface area contributed by atoms with Gasteiger partial charge in [0.15, 0.2) is 0 Å². The summed E-state index contributed by atoms with van der Waals surface area (Å²) in [5.41, 5.74) is 2.56. The number of carbonyl (C=O) groups is 1. The van der Waals surface area contributed by atoms with E-state index in [4.69, 9.17) is 4.74 Å². The minimum absolute atomic E-state index is 0.129. The van der Waals surface area contributed by atoms with Crippen molar-refractivity contribution >= 4 is 5.91 Å². The van der Waals surface area contributed by atoms with Crippen molar-refractivity contribution in [2.75, 3.05) is 52.9 Å². The Morgan fingerprint density at radius 2 is 1.58 bits per heavy atom. The molecule has 192 valence electrons. The number of methoxy groups -OCH3 is 1. The first-order valence-electron chi connectivity index (χ1n) is 14.0. The van der Waals surface area contributed by atoms with E-state index in [2.05, 4.69) is 57.2 Å². The fourth-order valence-electron chi connectivity index (χ4n) is 6.99. The molecule has 0 aromatic heterocycles. The van der Waals surface area contributed by atoms with Gasteiger partial charge in [0.1, 0.15) is 5.75 Å². The summed E-state index contributed by atoms with van der Waals surface area (Å²) in [4.78, 5) is 21.0. The lowest BCUT2D eigenvalue weighted by molar-refractivity contribution is -0.139. The van der Waals surface area contributed by atoms with Gasteiger partial charge in [-0.25, -0.2) is 0 Å². The van der Waals surface area contributed by atoms with E-state index < -0.39 is 0 Å². The molecule has 1 amide bonds. The number of rotatable bonds is 8. The van der Waals surface area contributed by atoms with Crippen LogP contribution in [0.1, 0.15) is 49.1 Å². The van der Waals surface area contributed by atoms with Crippen molar-refractivity contribution in [1.82, 2.24) is 14.7 Å². The van der Waals surface area contributed by atoms with Crippen molar-refractivity contribution in [2.45, 2.75) is 44.6 Å². The Labute approximate surface area is 216 Å². The zero-order valence-electron chi connectivity index (χ0n) is 21.8. The lowest BCUT2D eigenvalue weighted by Gasteiger charge is -2.39. The molecule has 2 aromatic rings. The second-order valence-electron chi connectivity index (χ2n) is 11.8. The number of nitrogens with zero attached hydrogens (tertiary/aromatic N) is 3. The summed E-state index contributed by atoms with van der Waals surface area (Å²) in [7, 11) is 1.69. The Morgan fingerprint density at radius 3 is 2.28 bits per heavy atom. The largest absolute Gasteiger partial charge is 0.497 e. The van der Waals surface area contributed by atoms with Crippen molar-refractivity contribution in [3.8, 4) is 5.75 Å². The summed E-state index contributed by atoms with van der Waals surface area (Å²) in [6.07, 6.45) is 5.89. The van der Waals surface area contributed by atoms with Crippen LogP contribution in [0.2, 0.25) is 0 Å². The van der Waals surface area contributed by atoms with Crippen LogP contribution in [0.5, 0.6) is 5.75 Å². The third kappa shape index (κ3) is 5.05. The molecule has 2 atom stereocenters. The molecule has 36 heavy (non-hydrogen) atoms. The van der Waals surface area contributed by atoms with Crippen molar-refractivity contribution in [3.63, 3.8) is 0 Å². The molecule has 1 saturated carbocycles. The maximum Gasteiger partial charge on any atom is 0.229 e. The van der Waals surface area contributed by atoms with E-state index >= 15 is 0 Å². The molecular weight excluding hydrogens is 446 g/mol. The number of hydrogen-bond donors (Lipinski definition) is 0. The first-order valence-corrected chi connectivity index (χ1v) is 14.0. The topological polar surface area (TPSA) is 36.0 Å². The molecule has 1 aliphatic carbocycles. The van der Waals surface area contributed by atoms with Gasteiger partial charge in [-0.2, -0.15) is 0 Å². The van der Waals surface area contributed by atoms with E-state index in [1.165, 1.54) is 50.1 Å². The molecule has 3 saturated heterocycles. The molecule has 0 N–H and O–H groups in total. The van der Waals surface area contributed by atoms with Crippen molar-refractivity contribution in [1.29, 1.82) is 0 Å². The third-order valence-corrected chi connectivity index (χ3v) is 9.40. The summed E-state index contributed by atoms with van der Waals surface area (Å²) in [6.45, 7) is 8.62. The number of benzene rings is 2. The highest BCUT2D eigenvalue weighted by Gasteiger charge is 2.48. The first kappa shape index (κ1) is 24.0. The molecule has 2 unspecified atom stereocenters. The molecule has 0 radical (unpaired) electrons. The van der Waals surface area contributed by atoms with E-state index in [0.29, 0.717) is 24.3 Å². The van der Waals surface area contributed by atoms with Gasteiger partial charge >= 0.3 is 0 Å². The molecule has 5 nitrogen and oxygen atoms in total. The minimum Gasteiger partial charge on any atom is -0.497 e. The van der Waals surface area contributed by atoms with Crippen molar-refractivity contribution in [3.05, 3.63) is 65.7 Å². The van der Waals surface area contributed by atoms with Crippen molar-refractivity contribution in [2.24, 2.45) is 17.3 Å². The van der Waals surface area contributed by atoms with Gasteiger partial charge in [0.05, 0.1) is 12.5 Å². The average Bonchev–Trinajstić information content (AvgIpc) is 3.58. The van der Waals surface area contributed by atoms with Crippen molar-refractivity contribution < 1.29 is 9.53 Å². The van der Waals surface area contributed by atoms with Gasteiger partial charge in [0, 0.05) is 45.2 Å². The second-order valence-corrected chi connectivity index (χ2v) is 11.8. The van der Waals surface area contributed by atoms with Gasteiger partial charge in [-0.15, -0.1) is 0 Å². The standard InChI is InChI=1S/C31H41N3O2/c1-36-28-11-9-25(10-12-28)20-34-18-15-31(30(34)35)13-16-32(17-14-31)21-27-22-33(19-24-7-8-24)23-29(27)26-5-3-2-4-6-26/h2-6,9-12,24,27,29H,7-8,13-23H2,1H3. The normalized spacial score (nSPS) is 26.7. The molecule has 2 aromatic carbocycles. The monoisotopic (exact) mass is 487 g/mol. The van der Waals surface area contributed by atoms with Crippen LogP contribution in [0.25, 0.3) is 0 Å².